The Morgan fingerprint density at radius 3 is 2.24 bits per heavy atom. The molecule has 0 saturated carbocycles. The van der Waals surface area contributed by atoms with E-state index in [0.717, 1.165) is 6.42 Å². The zero-order valence-electron chi connectivity index (χ0n) is 10.3. The molecule has 3 heterocycles. The van der Waals surface area contributed by atoms with Crippen LogP contribution in [0.25, 0.3) is 0 Å². The standard InChI is InChI=1S/C12H18O5/c1-4-11-5-15-12(16-6-11,17-7-11)8-14-10(13)9(2)3/h2,4-8H2,1,3H3. The van der Waals surface area contributed by atoms with Gasteiger partial charge in [0.1, 0.15) is 0 Å². The van der Waals surface area contributed by atoms with E-state index in [1.807, 2.05) is 0 Å². The number of hydrogen-bond acceptors (Lipinski definition) is 5. The second-order valence-corrected chi connectivity index (χ2v) is 4.76. The summed E-state index contributed by atoms with van der Waals surface area (Å²) in [6.07, 6.45) is 0.939. The molecule has 0 aromatic heterocycles. The van der Waals surface area contributed by atoms with E-state index < -0.39 is 11.9 Å². The van der Waals surface area contributed by atoms with E-state index in [4.69, 9.17) is 18.9 Å². The van der Waals surface area contributed by atoms with E-state index in [1.165, 1.54) is 0 Å². The van der Waals surface area contributed by atoms with E-state index in [1.54, 1.807) is 6.92 Å². The second kappa shape index (κ2) is 4.40. The summed E-state index contributed by atoms with van der Waals surface area (Å²) in [5.41, 5.74) is 0.302. The maximum atomic E-state index is 11.3. The minimum Gasteiger partial charge on any atom is -0.454 e. The van der Waals surface area contributed by atoms with Gasteiger partial charge in [-0.05, 0) is 13.3 Å². The van der Waals surface area contributed by atoms with Gasteiger partial charge in [-0.25, -0.2) is 4.79 Å². The molecule has 3 rings (SSSR count). The topological polar surface area (TPSA) is 54.0 Å². The third kappa shape index (κ3) is 2.36. The minimum absolute atomic E-state index is 0.0416. The van der Waals surface area contributed by atoms with Crippen LogP contribution in [-0.2, 0) is 23.7 Å². The molecule has 0 atom stereocenters. The predicted molar refractivity (Wildman–Crippen MR) is 59.1 cm³/mol. The lowest BCUT2D eigenvalue weighted by Crippen LogP contribution is -2.61. The molecule has 0 aromatic rings. The van der Waals surface area contributed by atoms with Crippen molar-refractivity contribution < 1.29 is 23.7 Å². The number of esters is 1. The Bertz CT molecular complexity index is 311. The monoisotopic (exact) mass is 242 g/mol. The predicted octanol–water partition coefficient (Wildman–Crippen LogP) is 1.23. The summed E-state index contributed by atoms with van der Waals surface area (Å²) in [6, 6.07) is 0. The van der Waals surface area contributed by atoms with Crippen LogP contribution < -0.4 is 0 Å². The quantitative estimate of drug-likeness (QED) is 0.548. The number of carbonyl (C=O) groups excluding carboxylic acids is 1. The molecule has 0 radical (unpaired) electrons. The third-order valence-electron chi connectivity index (χ3n) is 3.27. The maximum Gasteiger partial charge on any atom is 0.333 e. The van der Waals surface area contributed by atoms with E-state index in [-0.39, 0.29) is 12.0 Å². The van der Waals surface area contributed by atoms with Crippen molar-refractivity contribution >= 4 is 5.97 Å². The summed E-state index contributed by atoms with van der Waals surface area (Å²) < 4.78 is 21.6. The van der Waals surface area contributed by atoms with Crippen molar-refractivity contribution in [1.29, 1.82) is 0 Å². The van der Waals surface area contributed by atoms with Gasteiger partial charge in [-0.3, -0.25) is 0 Å². The molecular weight excluding hydrogens is 224 g/mol. The van der Waals surface area contributed by atoms with Gasteiger partial charge in [-0.2, -0.15) is 0 Å². The third-order valence-corrected chi connectivity index (χ3v) is 3.27. The highest BCUT2D eigenvalue weighted by molar-refractivity contribution is 5.86. The fourth-order valence-electron chi connectivity index (χ4n) is 1.75. The molecule has 3 saturated heterocycles. The van der Waals surface area contributed by atoms with Gasteiger partial charge in [0, 0.05) is 11.0 Å². The van der Waals surface area contributed by atoms with Crippen LogP contribution in [0.2, 0.25) is 0 Å². The SMILES string of the molecule is C=C(C)C(=O)OCC12OCC(CC)(CO1)CO2. The molecule has 0 aliphatic carbocycles. The highest BCUT2D eigenvalue weighted by atomic mass is 16.9. The first-order valence-corrected chi connectivity index (χ1v) is 5.75. The van der Waals surface area contributed by atoms with Crippen molar-refractivity contribution in [2.45, 2.75) is 26.2 Å². The lowest BCUT2D eigenvalue weighted by atomic mass is 9.86. The van der Waals surface area contributed by atoms with Crippen molar-refractivity contribution in [2.24, 2.45) is 5.41 Å². The molecule has 5 nitrogen and oxygen atoms in total. The fraction of sp³-hybridized carbons (Fsp3) is 0.750. The smallest absolute Gasteiger partial charge is 0.333 e. The van der Waals surface area contributed by atoms with Crippen molar-refractivity contribution in [3.05, 3.63) is 12.2 Å². The number of carbonyl (C=O) groups is 1. The lowest BCUT2D eigenvalue weighted by Gasteiger charge is -2.50. The molecule has 17 heavy (non-hydrogen) atoms. The maximum absolute atomic E-state index is 11.3. The van der Waals surface area contributed by atoms with Crippen LogP contribution in [0.1, 0.15) is 20.3 Å². The fourth-order valence-corrected chi connectivity index (χ4v) is 1.75. The first-order chi connectivity index (χ1) is 8.01. The van der Waals surface area contributed by atoms with Gasteiger partial charge in [0.25, 0.3) is 0 Å². The van der Waals surface area contributed by atoms with Gasteiger partial charge >= 0.3 is 11.9 Å². The highest BCUT2D eigenvalue weighted by Crippen LogP contribution is 2.40. The molecule has 0 unspecified atom stereocenters. The Morgan fingerprint density at radius 2 is 1.82 bits per heavy atom. The number of ether oxygens (including phenoxy) is 4. The summed E-state index contributed by atoms with van der Waals surface area (Å²) in [4.78, 5) is 11.3. The summed E-state index contributed by atoms with van der Waals surface area (Å²) in [5, 5.41) is 0. The van der Waals surface area contributed by atoms with Crippen LogP contribution >= 0.6 is 0 Å². The summed E-state index contributed by atoms with van der Waals surface area (Å²) in [7, 11) is 0. The van der Waals surface area contributed by atoms with Crippen molar-refractivity contribution in [2.75, 3.05) is 26.4 Å². The number of hydrogen-bond donors (Lipinski definition) is 0. The van der Waals surface area contributed by atoms with Gasteiger partial charge in [0.05, 0.1) is 19.8 Å². The van der Waals surface area contributed by atoms with E-state index in [9.17, 15) is 4.79 Å². The largest absolute Gasteiger partial charge is 0.454 e. The molecule has 3 fully saturated rings. The van der Waals surface area contributed by atoms with E-state index in [0.29, 0.717) is 25.4 Å². The zero-order valence-corrected chi connectivity index (χ0v) is 10.3. The first-order valence-electron chi connectivity index (χ1n) is 5.75. The average molecular weight is 242 g/mol. The van der Waals surface area contributed by atoms with Crippen LogP contribution in [0.5, 0.6) is 0 Å². The summed E-state index contributed by atoms with van der Waals surface area (Å²) in [6.45, 7) is 8.85. The van der Waals surface area contributed by atoms with Gasteiger partial charge in [0.15, 0.2) is 6.61 Å². The van der Waals surface area contributed by atoms with Crippen LogP contribution in [0.15, 0.2) is 12.2 Å². The van der Waals surface area contributed by atoms with Gasteiger partial charge in [0.2, 0.25) is 0 Å². The molecular formula is C12H18O5. The van der Waals surface area contributed by atoms with E-state index in [2.05, 4.69) is 13.5 Å². The minimum atomic E-state index is -1.21. The van der Waals surface area contributed by atoms with Gasteiger partial charge < -0.3 is 18.9 Å². The highest BCUT2D eigenvalue weighted by Gasteiger charge is 2.52. The Kier molecular flexibility index (Phi) is 3.25. The Balaban J connectivity index is 1.91. The van der Waals surface area contributed by atoms with Crippen LogP contribution in [0.4, 0.5) is 0 Å². The molecule has 0 N–H and O–H groups in total. The Labute approximate surface area is 101 Å². The molecule has 5 heteroatoms. The van der Waals surface area contributed by atoms with Crippen LogP contribution in [0, 0.1) is 5.41 Å². The van der Waals surface area contributed by atoms with Crippen molar-refractivity contribution in [3.63, 3.8) is 0 Å². The molecule has 96 valence electrons. The van der Waals surface area contributed by atoms with Crippen LogP contribution in [0.3, 0.4) is 0 Å². The molecule has 3 aliphatic rings. The molecule has 2 bridgehead atoms. The van der Waals surface area contributed by atoms with E-state index >= 15 is 0 Å². The number of rotatable bonds is 4. The van der Waals surface area contributed by atoms with Gasteiger partial charge in [-0.1, -0.05) is 13.5 Å². The molecule has 0 amide bonds. The van der Waals surface area contributed by atoms with Gasteiger partial charge in [-0.15, -0.1) is 0 Å². The summed E-state index contributed by atoms with van der Waals surface area (Å²) in [5.74, 6) is -1.67. The Hall–Kier alpha value is -0.910. The number of fused-ring (bicyclic) bond motifs is 3. The average Bonchev–Trinajstić information content (AvgIpc) is 2.38. The molecule has 0 aromatic carbocycles. The lowest BCUT2D eigenvalue weighted by molar-refractivity contribution is -0.474. The normalized spacial score (nSPS) is 35.6. The van der Waals surface area contributed by atoms with Crippen LogP contribution in [-0.4, -0.2) is 38.4 Å². The summed E-state index contributed by atoms with van der Waals surface area (Å²) >= 11 is 0. The molecule has 0 spiro atoms. The van der Waals surface area contributed by atoms with Crippen molar-refractivity contribution in [1.82, 2.24) is 0 Å². The first kappa shape index (κ1) is 12.5. The zero-order chi connectivity index (χ0) is 12.5. The second-order valence-electron chi connectivity index (χ2n) is 4.76. The molecule has 3 aliphatic heterocycles. The Morgan fingerprint density at radius 1 is 1.29 bits per heavy atom. The van der Waals surface area contributed by atoms with Crippen molar-refractivity contribution in [3.8, 4) is 0 Å².